The first-order valence-corrected chi connectivity index (χ1v) is 16.6. The number of para-hydroxylation sites is 2. The van der Waals surface area contributed by atoms with Crippen LogP contribution in [0.1, 0.15) is 0 Å². The van der Waals surface area contributed by atoms with E-state index in [9.17, 15) is 0 Å². The quantitative estimate of drug-likeness (QED) is 0.199. The van der Waals surface area contributed by atoms with Crippen molar-refractivity contribution in [2.75, 3.05) is 0 Å². The summed E-state index contributed by atoms with van der Waals surface area (Å²) >= 11 is 3.64. The van der Waals surface area contributed by atoms with Crippen molar-refractivity contribution in [3.63, 3.8) is 0 Å². The molecular formula is C40H23N3S2. The molecule has 3 nitrogen and oxygen atoms in total. The highest BCUT2D eigenvalue weighted by atomic mass is 32.1. The third kappa shape index (κ3) is 3.62. The van der Waals surface area contributed by atoms with Gasteiger partial charge in [0.05, 0.1) is 32.6 Å². The van der Waals surface area contributed by atoms with E-state index in [1.807, 2.05) is 17.4 Å². The predicted octanol–water partition coefficient (Wildman–Crippen LogP) is 11.6. The Bertz CT molecular complexity index is 2710. The topological polar surface area (TPSA) is 30.7 Å². The van der Waals surface area contributed by atoms with Crippen molar-refractivity contribution in [2.24, 2.45) is 0 Å². The summed E-state index contributed by atoms with van der Waals surface area (Å²) in [7, 11) is 0. The third-order valence-electron chi connectivity index (χ3n) is 8.83. The summed E-state index contributed by atoms with van der Waals surface area (Å²) < 4.78 is 7.29. The number of aromatic nitrogens is 3. The molecule has 4 aromatic heterocycles. The van der Waals surface area contributed by atoms with Crippen LogP contribution in [0.3, 0.4) is 0 Å². The fourth-order valence-corrected chi connectivity index (χ4v) is 9.24. The van der Waals surface area contributed by atoms with Gasteiger partial charge >= 0.3 is 0 Å². The van der Waals surface area contributed by atoms with Crippen LogP contribution < -0.4 is 0 Å². The monoisotopic (exact) mass is 609 g/mol. The highest BCUT2D eigenvalue weighted by molar-refractivity contribution is 7.27. The van der Waals surface area contributed by atoms with Crippen LogP contribution in [-0.2, 0) is 0 Å². The first-order valence-electron chi connectivity index (χ1n) is 15.0. The second-order valence-electron chi connectivity index (χ2n) is 11.3. The summed E-state index contributed by atoms with van der Waals surface area (Å²) in [6.45, 7) is 0. The number of hydrogen-bond donors (Lipinski definition) is 0. The minimum absolute atomic E-state index is 0.743. The highest BCUT2D eigenvalue weighted by Gasteiger charge is 2.24. The number of nitrogens with zero attached hydrogens (tertiary/aromatic N) is 3. The summed E-state index contributed by atoms with van der Waals surface area (Å²) in [4.78, 5) is 10.7. The van der Waals surface area contributed by atoms with Crippen molar-refractivity contribution >= 4 is 85.0 Å². The maximum atomic E-state index is 5.48. The van der Waals surface area contributed by atoms with Crippen LogP contribution in [-0.4, -0.2) is 14.5 Å². The summed E-state index contributed by atoms with van der Waals surface area (Å²) in [5.41, 5.74) is 7.65. The van der Waals surface area contributed by atoms with E-state index in [1.54, 1.807) is 11.3 Å². The molecule has 0 aliphatic rings. The molecule has 0 unspecified atom stereocenters. The molecule has 10 rings (SSSR count). The van der Waals surface area contributed by atoms with Gasteiger partial charge in [-0.25, -0.2) is 9.97 Å². The van der Waals surface area contributed by atoms with Gasteiger partial charge in [-0.2, -0.15) is 0 Å². The summed E-state index contributed by atoms with van der Waals surface area (Å²) in [5, 5.41) is 6.19. The van der Waals surface area contributed by atoms with Crippen LogP contribution in [0.2, 0.25) is 0 Å². The minimum Gasteiger partial charge on any atom is -0.309 e. The number of hydrogen-bond acceptors (Lipinski definition) is 4. The standard InChI is InChI=1S/C40H23N3S2/c1-2-12-24(13-3-1)40-41-36-29-17-7-11-21-34(29)45-39(36)37(42-40)35-32(23-22-28-27-16-6-10-20-33(27)44-38(28)35)43-30-18-8-4-14-25(30)26-15-5-9-19-31(26)43/h1-23H. The molecule has 6 aromatic carbocycles. The molecule has 210 valence electrons. The molecule has 0 amide bonds. The Morgan fingerprint density at radius 1 is 0.444 bits per heavy atom. The van der Waals surface area contributed by atoms with Gasteiger partial charge in [-0.05, 0) is 30.3 Å². The van der Waals surface area contributed by atoms with E-state index >= 15 is 0 Å². The van der Waals surface area contributed by atoms with Crippen molar-refractivity contribution in [3.8, 4) is 28.3 Å². The van der Waals surface area contributed by atoms with E-state index in [1.165, 1.54) is 52.1 Å². The fourth-order valence-electron chi connectivity index (χ4n) is 6.85. The second-order valence-corrected chi connectivity index (χ2v) is 13.4. The molecule has 0 saturated carbocycles. The van der Waals surface area contributed by atoms with Gasteiger partial charge in [-0.1, -0.05) is 109 Å². The maximum Gasteiger partial charge on any atom is 0.160 e. The molecule has 0 atom stereocenters. The molecule has 0 saturated heterocycles. The van der Waals surface area contributed by atoms with E-state index in [-0.39, 0.29) is 0 Å². The molecule has 10 aromatic rings. The van der Waals surface area contributed by atoms with Gasteiger partial charge in [0.25, 0.3) is 0 Å². The van der Waals surface area contributed by atoms with Gasteiger partial charge in [-0.15, -0.1) is 22.7 Å². The van der Waals surface area contributed by atoms with E-state index in [0.717, 1.165) is 38.5 Å². The molecule has 0 bridgehead atoms. The van der Waals surface area contributed by atoms with Gasteiger partial charge in [0.1, 0.15) is 0 Å². The van der Waals surface area contributed by atoms with Gasteiger partial charge < -0.3 is 4.57 Å². The van der Waals surface area contributed by atoms with Crippen LogP contribution >= 0.6 is 22.7 Å². The number of rotatable bonds is 3. The van der Waals surface area contributed by atoms with Crippen LogP contribution in [0, 0.1) is 0 Å². The molecule has 5 heteroatoms. The Labute approximate surface area is 266 Å². The fraction of sp³-hybridized carbons (Fsp3) is 0. The van der Waals surface area contributed by atoms with Gasteiger partial charge in [0.2, 0.25) is 0 Å². The van der Waals surface area contributed by atoms with Crippen LogP contribution in [0.25, 0.3) is 90.6 Å². The van der Waals surface area contributed by atoms with Crippen LogP contribution in [0.4, 0.5) is 0 Å². The molecule has 0 radical (unpaired) electrons. The summed E-state index contributed by atoms with van der Waals surface area (Å²) in [5.74, 6) is 0.743. The lowest BCUT2D eigenvalue weighted by Crippen LogP contribution is -2.00. The molecule has 0 N–H and O–H groups in total. The SMILES string of the molecule is c1ccc(-c2nc(-c3c(-n4c5ccccc5c5ccccc54)ccc4c3sc3ccccc34)c3sc4ccccc4c3n2)cc1. The van der Waals surface area contributed by atoms with Crippen molar-refractivity contribution in [1.29, 1.82) is 0 Å². The highest BCUT2D eigenvalue weighted by Crippen LogP contribution is 2.48. The van der Waals surface area contributed by atoms with E-state index in [4.69, 9.17) is 9.97 Å². The Morgan fingerprint density at radius 3 is 1.76 bits per heavy atom. The Hall–Kier alpha value is -5.36. The van der Waals surface area contributed by atoms with Gasteiger partial charge in [0.15, 0.2) is 5.82 Å². The molecule has 0 fully saturated rings. The lowest BCUT2D eigenvalue weighted by Gasteiger charge is -2.16. The molecule has 0 spiro atoms. The Morgan fingerprint density at radius 2 is 1.02 bits per heavy atom. The molecule has 45 heavy (non-hydrogen) atoms. The Kier molecular flexibility index (Phi) is 5.32. The van der Waals surface area contributed by atoms with Crippen LogP contribution in [0.5, 0.6) is 0 Å². The first-order chi connectivity index (χ1) is 22.3. The molecule has 0 aliphatic carbocycles. The van der Waals surface area contributed by atoms with Crippen molar-refractivity contribution in [2.45, 2.75) is 0 Å². The summed E-state index contributed by atoms with van der Waals surface area (Å²) in [6, 6.07) is 49.8. The van der Waals surface area contributed by atoms with Gasteiger partial charge in [-0.3, -0.25) is 0 Å². The normalized spacial score (nSPS) is 12.0. The minimum atomic E-state index is 0.743. The lowest BCUT2D eigenvalue weighted by atomic mass is 10.0. The van der Waals surface area contributed by atoms with Crippen LogP contribution in [0.15, 0.2) is 140 Å². The van der Waals surface area contributed by atoms with Crippen molar-refractivity contribution < 1.29 is 0 Å². The van der Waals surface area contributed by atoms with Crippen molar-refractivity contribution in [1.82, 2.24) is 14.5 Å². The smallest absolute Gasteiger partial charge is 0.160 e. The Balaban J connectivity index is 1.43. The lowest BCUT2D eigenvalue weighted by molar-refractivity contribution is 1.18. The third-order valence-corrected chi connectivity index (χ3v) is 11.2. The number of benzene rings is 6. The zero-order chi connectivity index (χ0) is 29.5. The second kappa shape index (κ2) is 9.57. The first kappa shape index (κ1) is 25.0. The summed E-state index contributed by atoms with van der Waals surface area (Å²) in [6.07, 6.45) is 0. The zero-order valence-electron chi connectivity index (χ0n) is 23.9. The van der Waals surface area contributed by atoms with Crippen molar-refractivity contribution in [3.05, 3.63) is 140 Å². The number of fused-ring (bicyclic) bond motifs is 9. The van der Waals surface area contributed by atoms with E-state index < -0.39 is 0 Å². The predicted molar refractivity (Wildman–Crippen MR) is 193 cm³/mol. The average Bonchev–Trinajstić information content (AvgIpc) is 3.78. The van der Waals surface area contributed by atoms with E-state index in [0.29, 0.717) is 0 Å². The van der Waals surface area contributed by atoms with Gasteiger partial charge in [0, 0.05) is 52.2 Å². The van der Waals surface area contributed by atoms with E-state index in [2.05, 4.69) is 138 Å². The maximum absolute atomic E-state index is 5.48. The number of thiophene rings is 2. The zero-order valence-corrected chi connectivity index (χ0v) is 25.6. The largest absolute Gasteiger partial charge is 0.309 e. The molecular weight excluding hydrogens is 587 g/mol. The average molecular weight is 610 g/mol. The molecule has 4 heterocycles. The molecule has 0 aliphatic heterocycles.